The SMILES string of the molecule is C=CCn1c(SCC(=O)Nc2ccc(F)c(F)c2F)nc2cc(-c3ccccc3)sc2c1=O. The Hall–Kier alpha value is -3.37. The number of benzene rings is 2. The minimum Gasteiger partial charge on any atom is -0.323 e. The van der Waals surface area contributed by atoms with E-state index in [0.29, 0.717) is 10.2 Å². The maximum Gasteiger partial charge on any atom is 0.272 e. The molecule has 0 radical (unpaired) electrons. The number of amides is 1. The molecule has 2 aromatic carbocycles. The summed E-state index contributed by atoms with van der Waals surface area (Å²) in [6.07, 6.45) is 1.54. The second-order valence-corrected chi connectivity index (χ2v) is 8.84. The van der Waals surface area contributed by atoms with E-state index in [1.165, 1.54) is 15.9 Å². The van der Waals surface area contributed by atoms with Gasteiger partial charge in [0.15, 0.2) is 22.6 Å². The summed E-state index contributed by atoms with van der Waals surface area (Å²) in [5, 5.41) is 2.49. The number of rotatable bonds is 7. The Morgan fingerprint density at radius 2 is 1.91 bits per heavy atom. The average Bonchev–Trinajstić information content (AvgIpc) is 3.25. The molecule has 4 aromatic rings. The van der Waals surface area contributed by atoms with Crippen molar-refractivity contribution in [3.63, 3.8) is 0 Å². The van der Waals surface area contributed by atoms with Crippen molar-refractivity contribution < 1.29 is 18.0 Å². The zero-order valence-corrected chi connectivity index (χ0v) is 18.6. The van der Waals surface area contributed by atoms with E-state index in [-0.39, 0.29) is 23.0 Å². The van der Waals surface area contributed by atoms with Crippen molar-refractivity contribution in [2.45, 2.75) is 11.7 Å². The number of fused-ring (bicyclic) bond motifs is 1. The third kappa shape index (κ3) is 4.71. The first-order valence-corrected chi connectivity index (χ1v) is 11.5. The number of hydrogen-bond acceptors (Lipinski definition) is 5. The summed E-state index contributed by atoms with van der Waals surface area (Å²) in [5.74, 6) is -5.40. The highest BCUT2D eigenvalue weighted by Crippen LogP contribution is 2.32. The van der Waals surface area contributed by atoms with Crippen molar-refractivity contribution >= 4 is 44.9 Å². The number of anilines is 1. The van der Waals surface area contributed by atoms with Gasteiger partial charge in [-0.15, -0.1) is 17.9 Å². The highest BCUT2D eigenvalue weighted by Gasteiger charge is 2.18. The second kappa shape index (κ2) is 9.63. The number of nitrogens with zero attached hydrogens (tertiary/aromatic N) is 2. The molecule has 0 aliphatic heterocycles. The summed E-state index contributed by atoms with van der Waals surface area (Å²) in [6.45, 7) is 3.85. The number of hydrogen-bond donors (Lipinski definition) is 1. The van der Waals surface area contributed by atoms with Crippen molar-refractivity contribution in [1.29, 1.82) is 0 Å². The third-order valence-corrected chi connectivity index (χ3v) is 6.75. The largest absolute Gasteiger partial charge is 0.323 e. The fourth-order valence-electron chi connectivity index (χ4n) is 3.07. The van der Waals surface area contributed by atoms with Crippen LogP contribution in [0.15, 0.2) is 71.1 Å². The molecule has 1 N–H and O–H groups in total. The molecule has 0 atom stereocenters. The molecule has 168 valence electrons. The lowest BCUT2D eigenvalue weighted by atomic mass is 10.2. The Labute approximate surface area is 194 Å². The number of nitrogens with one attached hydrogen (secondary N) is 1. The molecule has 2 aromatic heterocycles. The number of thiophene rings is 1. The molecular weight excluding hydrogens is 471 g/mol. The van der Waals surface area contributed by atoms with Gasteiger partial charge in [-0.3, -0.25) is 14.2 Å². The predicted octanol–water partition coefficient (Wildman–Crippen LogP) is 5.46. The van der Waals surface area contributed by atoms with Crippen LogP contribution in [0.4, 0.5) is 18.9 Å². The Morgan fingerprint density at radius 1 is 1.15 bits per heavy atom. The summed E-state index contributed by atoms with van der Waals surface area (Å²) in [6, 6.07) is 13.0. The van der Waals surface area contributed by atoms with Crippen LogP contribution < -0.4 is 10.9 Å². The standard InChI is InChI=1S/C23H16F3N3O2S2/c1-2-10-29-22(31)21-16(11-17(33-21)13-6-4-3-5-7-13)28-23(29)32-12-18(30)27-15-9-8-14(24)19(25)20(15)26/h2-9,11H,1,10,12H2,(H,27,30). The molecule has 0 bridgehead atoms. The van der Waals surface area contributed by atoms with Gasteiger partial charge in [-0.1, -0.05) is 48.2 Å². The quantitative estimate of drug-likeness (QED) is 0.163. The van der Waals surface area contributed by atoms with Crippen LogP contribution in [0.25, 0.3) is 20.7 Å². The van der Waals surface area contributed by atoms with E-state index in [9.17, 15) is 22.8 Å². The third-order valence-electron chi connectivity index (χ3n) is 4.61. The normalized spacial score (nSPS) is 11.0. The van der Waals surface area contributed by atoms with Crippen LogP contribution in [-0.2, 0) is 11.3 Å². The van der Waals surface area contributed by atoms with Crippen LogP contribution in [-0.4, -0.2) is 21.2 Å². The number of aromatic nitrogens is 2. The molecule has 0 saturated carbocycles. The number of carbonyl (C=O) groups excluding carboxylic acids is 1. The maximum absolute atomic E-state index is 13.8. The van der Waals surface area contributed by atoms with Crippen molar-refractivity contribution in [1.82, 2.24) is 9.55 Å². The monoisotopic (exact) mass is 487 g/mol. The van der Waals surface area contributed by atoms with E-state index < -0.39 is 29.0 Å². The van der Waals surface area contributed by atoms with Gasteiger partial charge in [-0.05, 0) is 23.8 Å². The highest BCUT2D eigenvalue weighted by molar-refractivity contribution is 7.99. The minimum absolute atomic E-state index is 0.183. The fraction of sp³-hybridized carbons (Fsp3) is 0.0870. The Balaban J connectivity index is 1.60. The molecule has 0 unspecified atom stereocenters. The van der Waals surface area contributed by atoms with Gasteiger partial charge in [-0.25, -0.2) is 18.2 Å². The first-order chi connectivity index (χ1) is 15.9. The smallest absolute Gasteiger partial charge is 0.272 e. The first-order valence-electron chi connectivity index (χ1n) is 9.66. The van der Waals surface area contributed by atoms with Crippen LogP contribution in [0.1, 0.15) is 0 Å². The van der Waals surface area contributed by atoms with Gasteiger partial charge in [0.1, 0.15) is 4.70 Å². The minimum atomic E-state index is -1.67. The van der Waals surface area contributed by atoms with Crippen LogP contribution in [0, 0.1) is 17.5 Å². The molecule has 1 amide bonds. The predicted molar refractivity (Wildman–Crippen MR) is 125 cm³/mol. The van der Waals surface area contributed by atoms with E-state index >= 15 is 0 Å². The summed E-state index contributed by atoms with van der Waals surface area (Å²) in [5.41, 5.74) is 0.717. The van der Waals surface area contributed by atoms with Gasteiger partial charge >= 0.3 is 0 Å². The molecule has 0 aliphatic carbocycles. The molecule has 0 saturated heterocycles. The molecule has 2 heterocycles. The van der Waals surface area contributed by atoms with Crippen molar-refractivity contribution in [2.75, 3.05) is 11.1 Å². The number of allylic oxidation sites excluding steroid dienone is 1. The van der Waals surface area contributed by atoms with Crippen LogP contribution in [0.5, 0.6) is 0 Å². The first kappa shape index (κ1) is 22.8. The summed E-state index contributed by atoms with van der Waals surface area (Å²) < 4.78 is 42.2. The molecule has 4 rings (SSSR count). The lowest BCUT2D eigenvalue weighted by Crippen LogP contribution is -2.23. The summed E-state index contributed by atoms with van der Waals surface area (Å²) in [7, 11) is 0. The topological polar surface area (TPSA) is 64.0 Å². The van der Waals surface area contributed by atoms with Crippen LogP contribution in [0.2, 0.25) is 0 Å². The van der Waals surface area contributed by atoms with Crippen molar-refractivity contribution in [2.24, 2.45) is 0 Å². The molecule has 0 aliphatic rings. The van der Waals surface area contributed by atoms with Gasteiger partial charge in [0, 0.05) is 11.4 Å². The van der Waals surface area contributed by atoms with Crippen molar-refractivity contribution in [3.05, 3.63) is 89.0 Å². The Kier molecular flexibility index (Phi) is 6.66. The lowest BCUT2D eigenvalue weighted by molar-refractivity contribution is -0.113. The highest BCUT2D eigenvalue weighted by atomic mass is 32.2. The van der Waals surface area contributed by atoms with Gasteiger partial charge in [-0.2, -0.15) is 0 Å². The van der Waals surface area contributed by atoms with Gasteiger partial charge < -0.3 is 5.32 Å². The van der Waals surface area contributed by atoms with Crippen molar-refractivity contribution in [3.8, 4) is 10.4 Å². The lowest BCUT2D eigenvalue weighted by Gasteiger charge is -2.10. The number of thioether (sulfide) groups is 1. The Morgan fingerprint density at radius 3 is 2.64 bits per heavy atom. The Bertz CT molecular complexity index is 1420. The maximum atomic E-state index is 13.8. The summed E-state index contributed by atoms with van der Waals surface area (Å²) in [4.78, 5) is 30.8. The second-order valence-electron chi connectivity index (χ2n) is 6.85. The molecule has 33 heavy (non-hydrogen) atoms. The molecule has 5 nitrogen and oxygen atoms in total. The average molecular weight is 488 g/mol. The number of halogens is 3. The van der Waals surface area contributed by atoms with E-state index in [0.717, 1.165) is 34.3 Å². The van der Waals surface area contributed by atoms with Gasteiger partial charge in [0.2, 0.25) is 5.91 Å². The van der Waals surface area contributed by atoms with Gasteiger partial charge in [0.05, 0.1) is 17.0 Å². The molecular formula is C23H16F3N3O2S2. The zero-order chi connectivity index (χ0) is 23.5. The molecule has 0 fully saturated rings. The zero-order valence-electron chi connectivity index (χ0n) is 17.0. The molecule has 0 spiro atoms. The summed E-state index contributed by atoms with van der Waals surface area (Å²) >= 11 is 2.30. The molecule has 10 heteroatoms. The van der Waals surface area contributed by atoms with E-state index in [1.54, 1.807) is 6.08 Å². The van der Waals surface area contributed by atoms with E-state index in [2.05, 4.69) is 16.9 Å². The van der Waals surface area contributed by atoms with Crippen LogP contribution >= 0.6 is 23.1 Å². The van der Waals surface area contributed by atoms with Crippen LogP contribution in [0.3, 0.4) is 0 Å². The number of carbonyl (C=O) groups is 1. The van der Waals surface area contributed by atoms with E-state index in [4.69, 9.17) is 0 Å². The fourth-order valence-corrected chi connectivity index (χ4v) is 4.93. The van der Waals surface area contributed by atoms with E-state index in [1.807, 2.05) is 36.4 Å². The van der Waals surface area contributed by atoms with Gasteiger partial charge in [0.25, 0.3) is 5.56 Å².